The van der Waals surface area contributed by atoms with E-state index in [1.165, 1.54) is 0 Å². The Labute approximate surface area is 178 Å². The molecule has 1 aromatic heterocycles. The molecule has 0 bridgehead atoms. The molecule has 0 atom stereocenters. The number of hydrogen-bond donors (Lipinski definition) is 3. The van der Waals surface area contributed by atoms with E-state index >= 15 is 0 Å². The molecule has 3 N–H and O–H groups in total. The third-order valence-electron chi connectivity index (χ3n) is 4.91. The van der Waals surface area contributed by atoms with Gasteiger partial charge in [-0.2, -0.15) is 0 Å². The van der Waals surface area contributed by atoms with Crippen LogP contribution in [-0.2, 0) is 20.9 Å². The van der Waals surface area contributed by atoms with Crippen LogP contribution in [0.5, 0.6) is 0 Å². The molecule has 2 heterocycles. The normalized spacial score (nSPS) is 18.9. The van der Waals surface area contributed by atoms with Gasteiger partial charge < -0.3 is 15.3 Å². The molecule has 1 aromatic rings. The quantitative estimate of drug-likeness (QED) is 0.405. The minimum atomic E-state index is -1.01. The van der Waals surface area contributed by atoms with Gasteiger partial charge in [0.05, 0.1) is 31.5 Å². The second-order valence-corrected chi connectivity index (χ2v) is 7.38. The van der Waals surface area contributed by atoms with Gasteiger partial charge in [0.1, 0.15) is 0 Å². The van der Waals surface area contributed by atoms with Crippen molar-refractivity contribution in [1.82, 2.24) is 34.8 Å². The molecule has 0 saturated carbocycles. The second-order valence-electron chi connectivity index (χ2n) is 7.38. The van der Waals surface area contributed by atoms with Crippen molar-refractivity contribution in [2.45, 2.75) is 6.54 Å². The summed E-state index contributed by atoms with van der Waals surface area (Å²) in [5, 5.41) is 34.6. The minimum absolute atomic E-state index is 0.107. The lowest BCUT2D eigenvalue weighted by atomic mass is 10.3. The zero-order valence-corrected chi connectivity index (χ0v) is 17.1. The number of halogens is 1. The van der Waals surface area contributed by atoms with Crippen LogP contribution in [0, 0.1) is 0 Å². The van der Waals surface area contributed by atoms with E-state index in [1.807, 2.05) is 4.90 Å². The van der Waals surface area contributed by atoms with E-state index in [-0.39, 0.29) is 31.1 Å². The van der Waals surface area contributed by atoms with Crippen LogP contribution in [0.1, 0.15) is 5.69 Å². The van der Waals surface area contributed by atoms with Crippen LogP contribution in [0.15, 0.2) is 6.20 Å². The molecule has 174 valence electrons. The SMILES string of the molecule is O=C(O)CN1CCN(CC(=O)O)CCN(Cc2cn(F)nn2)CCN(CC(=O)O)CC1. The molecule has 1 fully saturated rings. The molecule has 0 spiro atoms. The molecule has 0 radical (unpaired) electrons. The molecule has 13 nitrogen and oxygen atoms in total. The van der Waals surface area contributed by atoms with Crippen LogP contribution in [0.2, 0.25) is 0 Å². The highest BCUT2D eigenvalue weighted by Gasteiger charge is 2.20. The highest BCUT2D eigenvalue weighted by molar-refractivity contribution is 5.69. The van der Waals surface area contributed by atoms with Crippen molar-refractivity contribution in [3.05, 3.63) is 11.9 Å². The summed E-state index contributed by atoms with van der Waals surface area (Å²) in [5.74, 6) is -2.98. The second kappa shape index (κ2) is 12.2. The largest absolute Gasteiger partial charge is 0.480 e. The summed E-state index contributed by atoms with van der Waals surface area (Å²) in [4.78, 5) is 40.8. The van der Waals surface area contributed by atoms with Gasteiger partial charge in [-0.05, 0) is 5.21 Å². The molecule has 0 aromatic carbocycles. The Bertz CT molecular complexity index is 716. The average molecular weight is 445 g/mol. The van der Waals surface area contributed by atoms with Gasteiger partial charge in [0.25, 0.3) is 0 Å². The van der Waals surface area contributed by atoms with Gasteiger partial charge in [0, 0.05) is 58.9 Å². The van der Waals surface area contributed by atoms with Gasteiger partial charge in [-0.25, -0.2) is 0 Å². The first-order valence-electron chi connectivity index (χ1n) is 9.83. The van der Waals surface area contributed by atoms with Crippen molar-refractivity contribution in [1.29, 1.82) is 0 Å². The topological polar surface area (TPSA) is 156 Å². The van der Waals surface area contributed by atoms with Crippen molar-refractivity contribution in [2.24, 2.45) is 0 Å². The first-order valence-corrected chi connectivity index (χ1v) is 9.83. The van der Waals surface area contributed by atoms with Crippen molar-refractivity contribution < 1.29 is 34.2 Å². The summed E-state index contributed by atoms with van der Waals surface area (Å²) in [6, 6.07) is 0. The predicted octanol–water partition coefficient (Wildman–Crippen LogP) is -2.01. The zero-order valence-electron chi connectivity index (χ0n) is 17.1. The van der Waals surface area contributed by atoms with Crippen LogP contribution in [0.4, 0.5) is 4.48 Å². The third kappa shape index (κ3) is 9.78. The van der Waals surface area contributed by atoms with E-state index in [0.29, 0.717) is 58.1 Å². The molecule has 0 amide bonds. The van der Waals surface area contributed by atoms with E-state index in [9.17, 15) is 29.1 Å². The number of aromatic nitrogens is 3. The number of nitrogens with zero attached hydrogens (tertiary/aromatic N) is 7. The Morgan fingerprint density at radius 3 is 1.39 bits per heavy atom. The van der Waals surface area contributed by atoms with Crippen LogP contribution in [0.3, 0.4) is 0 Å². The Morgan fingerprint density at radius 1 is 0.742 bits per heavy atom. The maximum absolute atomic E-state index is 13.1. The smallest absolute Gasteiger partial charge is 0.317 e. The zero-order chi connectivity index (χ0) is 22.8. The average Bonchev–Trinajstić information content (AvgIpc) is 3.07. The predicted molar refractivity (Wildman–Crippen MR) is 104 cm³/mol. The van der Waals surface area contributed by atoms with Crippen LogP contribution < -0.4 is 0 Å². The Balaban J connectivity index is 2.13. The van der Waals surface area contributed by atoms with Crippen LogP contribution >= 0.6 is 0 Å². The van der Waals surface area contributed by atoms with Gasteiger partial charge in [0.15, 0.2) is 0 Å². The molecular formula is C17H28FN7O6. The monoisotopic (exact) mass is 445 g/mol. The number of aliphatic carboxylic acids is 3. The first-order chi connectivity index (χ1) is 14.7. The summed E-state index contributed by atoms with van der Waals surface area (Å²) in [7, 11) is 0. The Morgan fingerprint density at radius 2 is 1.10 bits per heavy atom. The lowest BCUT2D eigenvalue weighted by Gasteiger charge is -2.32. The maximum atomic E-state index is 13.1. The molecule has 31 heavy (non-hydrogen) atoms. The summed E-state index contributed by atoms with van der Waals surface area (Å²) in [6.45, 7) is 2.66. The number of carboxylic acid groups (broad SMARTS) is 3. The molecule has 0 aliphatic carbocycles. The third-order valence-corrected chi connectivity index (χ3v) is 4.91. The summed E-state index contributed by atoms with van der Waals surface area (Å²) < 4.78 is 13.1. The van der Waals surface area contributed by atoms with Crippen LogP contribution in [0.25, 0.3) is 0 Å². The summed E-state index contributed by atoms with van der Waals surface area (Å²) >= 11 is 0. The molecule has 14 heteroatoms. The van der Waals surface area contributed by atoms with Crippen molar-refractivity contribution in [3.63, 3.8) is 0 Å². The van der Waals surface area contributed by atoms with Crippen molar-refractivity contribution >= 4 is 17.9 Å². The lowest BCUT2D eigenvalue weighted by Crippen LogP contribution is -2.48. The number of hydrogen-bond acceptors (Lipinski definition) is 9. The number of carboxylic acids is 3. The van der Waals surface area contributed by atoms with Crippen molar-refractivity contribution in [2.75, 3.05) is 72.0 Å². The van der Waals surface area contributed by atoms with E-state index in [4.69, 9.17) is 5.11 Å². The van der Waals surface area contributed by atoms with Gasteiger partial charge >= 0.3 is 17.9 Å². The Kier molecular flexibility index (Phi) is 9.71. The van der Waals surface area contributed by atoms with Gasteiger partial charge in [-0.15, -0.1) is 5.10 Å². The van der Waals surface area contributed by atoms with Gasteiger partial charge in [-0.3, -0.25) is 34.0 Å². The first kappa shape index (κ1) is 24.6. The highest BCUT2D eigenvalue weighted by Crippen LogP contribution is 2.05. The molecule has 1 aliphatic heterocycles. The number of carbonyl (C=O) groups is 3. The Hall–Kier alpha value is -2.68. The van der Waals surface area contributed by atoms with Crippen molar-refractivity contribution in [3.8, 4) is 0 Å². The summed E-state index contributed by atoms with van der Waals surface area (Å²) in [6.07, 6.45) is 1.14. The summed E-state index contributed by atoms with van der Waals surface area (Å²) in [5.41, 5.74) is 0.400. The highest BCUT2D eigenvalue weighted by atomic mass is 19.2. The minimum Gasteiger partial charge on any atom is -0.480 e. The fourth-order valence-corrected chi connectivity index (χ4v) is 3.36. The number of rotatable bonds is 8. The van der Waals surface area contributed by atoms with Crippen LogP contribution in [-0.4, -0.2) is 140 Å². The van der Waals surface area contributed by atoms with E-state index in [0.717, 1.165) is 6.20 Å². The fourth-order valence-electron chi connectivity index (χ4n) is 3.36. The van der Waals surface area contributed by atoms with E-state index in [2.05, 4.69) is 10.3 Å². The van der Waals surface area contributed by atoms with Gasteiger partial charge in [0.2, 0.25) is 0 Å². The molecule has 1 aliphatic rings. The molecule has 0 unspecified atom stereocenters. The fraction of sp³-hybridized carbons (Fsp3) is 0.706. The van der Waals surface area contributed by atoms with E-state index < -0.39 is 17.9 Å². The standard InChI is InChI=1S/C17H28FN7O6/c18-25-10-14(19-20-25)9-21-1-3-22(11-15(26)27)5-7-24(13-17(30)31)8-6-23(4-2-21)12-16(28)29/h10H,1-9,11-13H2,(H,26,27)(H,28,29)(H,30,31). The van der Waals surface area contributed by atoms with Gasteiger partial charge in [-0.1, -0.05) is 9.39 Å². The molecule has 1 saturated heterocycles. The molecule has 2 rings (SSSR count). The van der Waals surface area contributed by atoms with E-state index in [1.54, 1.807) is 14.7 Å². The molecular weight excluding hydrogens is 417 g/mol. The lowest BCUT2D eigenvalue weighted by molar-refractivity contribution is -0.140. The maximum Gasteiger partial charge on any atom is 0.317 e.